The molecule has 2 aromatic heterocycles. The first-order chi connectivity index (χ1) is 14.0. The molecule has 2 heterocycles. The minimum atomic E-state index is -0.527. The Labute approximate surface area is 168 Å². The summed E-state index contributed by atoms with van der Waals surface area (Å²) < 4.78 is 3.34. The van der Waals surface area contributed by atoms with Gasteiger partial charge in [0, 0.05) is 25.7 Å². The summed E-state index contributed by atoms with van der Waals surface area (Å²) in [4.78, 5) is 26.1. The van der Waals surface area contributed by atoms with Gasteiger partial charge in [-0.3, -0.25) is 14.3 Å². The lowest BCUT2D eigenvalue weighted by Crippen LogP contribution is -2.43. The number of benzene rings is 1. The maximum atomic E-state index is 13.2. The van der Waals surface area contributed by atoms with Crippen molar-refractivity contribution < 1.29 is 9.90 Å². The van der Waals surface area contributed by atoms with E-state index in [0.29, 0.717) is 23.9 Å². The Bertz CT molecular complexity index is 1140. The molecule has 1 aromatic carbocycles. The largest absolute Gasteiger partial charge is 0.396 e. The van der Waals surface area contributed by atoms with Gasteiger partial charge < -0.3 is 15.0 Å². The number of aliphatic hydroxyl groups is 1. The van der Waals surface area contributed by atoms with Crippen LogP contribution in [0.1, 0.15) is 34.8 Å². The molecule has 7 heteroatoms. The minimum Gasteiger partial charge on any atom is -0.396 e. The lowest BCUT2D eigenvalue weighted by Gasteiger charge is -2.37. The third-order valence-electron chi connectivity index (χ3n) is 5.85. The summed E-state index contributed by atoms with van der Waals surface area (Å²) in [5.74, 6) is -0.454. The number of rotatable bonds is 5. The van der Waals surface area contributed by atoms with Crippen molar-refractivity contribution in [3.63, 3.8) is 0 Å². The zero-order valence-electron chi connectivity index (χ0n) is 16.5. The van der Waals surface area contributed by atoms with Crippen LogP contribution in [-0.2, 0) is 14.1 Å². The van der Waals surface area contributed by atoms with Gasteiger partial charge in [0.25, 0.3) is 5.91 Å². The SMILES string of the molecule is Cn1cc(C(=O)NC(c2ccccc2)C2(CO)CC=CC2)c(=O)c2cnn(C)c21. The number of carbonyl (C=O) groups is 1. The number of carbonyl (C=O) groups excluding carboxylic acids is 1. The number of allylic oxidation sites excluding steroid dienone is 2. The van der Waals surface area contributed by atoms with Crippen molar-refractivity contribution in [3.05, 3.63) is 76.2 Å². The molecule has 0 fully saturated rings. The number of aryl methyl sites for hydroxylation is 2. The molecule has 150 valence electrons. The molecular weight excluding hydrogens is 368 g/mol. The smallest absolute Gasteiger partial charge is 0.257 e. The van der Waals surface area contributed by atoms with Gasteiger partial charge in [-0.05, 0) is 18.4 Å². The van der Waals surface area contributed by atoms with Gasteiger partial charge in [-0.2, -0.15) is 5.10 Å². The third-order valence-corrected chi connectivity index (χ3v) is 5.85. The molecule has 3 aromatic rings. The van der Waals surface area contributed by atoms with Crippen LogP contribution in [-0.4, -0.2) is 32.0 Å². The maximum absolute atomic E-state index is 13.2. The topological polar surface area (TPSA) is 89.2 Å². The van der Waals surface area contributed by atoms with Gasteiger partial charge in [-0.15, -0.1) is 0 Å². The van der Waals surface area contributed by atoms with Gasteiger partial charge in [0.1, 0.15) is 11.2 Å². The fraction of sp³-hybridized carbons (Fsp3) is 0.318. The van der Waals surface area contributed by atoms with Crippen LogP contribution in [0.2, 0.25) is 0 Å². The van der Waals surface area contributed by atoms with Gasteiger partial charge in [0.15, 0.2) is 0 Å². The van der Waals surface area contributed by atoms with Gasteiger partial charge in [0.05, 0.1) is 24.2 Å². The molecule has 0 saturated carbocycles. The van der Waals surface area contributed by atoms with Crippen LogP contribution in [0.25, 0.3) is 11.0 Å². The first-order valence-electron chi connectivity index (χ1n) is 9.60. The quantitative estimate of drug-likeness (QED) is 0.651. The van der Waals surface area contributed by atoms with E-state index in [2.05, 4.69) is 10.4 Å². The van der Waals surface area contributed by atoms with E-state index in [1.54, 1.807) is 29.5 Å². The van der Waals surface area contributed by atoms with Crippen LogP contribution in [0.4, 0.5) is 0 Å². The van der Waals surface area contributed by atoms with E-state index in [4.69, 9.17) is 0 Å². The van der Waals surface area contributed by atoms with Gasteiger partial charge >= 0.3 is 0 Å². The van der Waals surface area contributed by atoms with Crippen LogP contribution >= 0.6 is 0 Å². The zero-order chi connectivity index (χ0) is 20.6. The Morgan fingerprint density at radius 3 is 2.59 bits per heavy atom. The predicted octanol–water partition coefficient (Wildman–Crippen LogP) is 2.07. The molecule has 1 aliphatic carbocycles. The molecule has 1 unspecified atom stereocenters. The average molecular weight is 392 g/mol. The molecule has 1 amide bonds. The van der Waals surface area contributed by atoms with Crippen LogP contribution in [0, 0.1) is 5.41 Å². The fourth-order valence-electron chi connectivity index (χ4n) is 4.25. The summed E-state index contributed by atoms with van der Waals surface area (Å²) in [6.07, 6.45) is 8.39. The van der Waals surface area contributed by atoms with Crippen molar-refractivity contribution in [3.8, 4) is 0 Å². The second-order valence-electron chi connectivity index (χ2n) is 7.71. The maximum Gasteiger partial charge on any atom is 0.257 e. The molecule has 1 atom stereocenters. The molecule has 0 radical (unpaired) electrons. The summed E-state index contributed by atoms with van der Waals surface area (Å²) in [7, 11) is 3.54. The Hall–Kier alpha value is -3.19. The number of aromatic nitrogens is 3. The fourth-order valence-corrected chi connectivity index (χ4v) is 4.25. The van der Waals surface area contributed by atoms with E-state index >= 15 is 0 Å². The summed E-state index contributed by atoms with van der Waals surface area (Å²) in [6.45, 7) is -0.0699. The number of pyridine rings is 1. The highest BCUT2D eigenvalue weighted by molar-refractivity contribution is 5.97. The predicted molar refractivity (Wildman–Crippen MR) is 110 cm³/mol. The van der Waals surface area contributed by atoms with Gasteiger partial charge in [-0.25, -0.2) is 0 Å². The van der Waals surface area contributed by atoms with E-state index in [1.807, 2.05) is 42.5 Å². The number of aliphatic hydroxyl groups excluding tert-OH is 1. The summed E-state index contributed by atoms with van der Waals surface area (Å²) in [5, 5.41) is 17.8. The van der Waals surface area contributed by atoms with Crippen LogP contribution in [0.15, 0.2) is 59.7 Å². The monoisotopic (exact) mass is 392 g/mol. The lowest BCUT2D eigenvalue weighted by molar-refractivity contribution is 0.0725. The van der Waals surface area contributed by atoms with Crippen molar-refractivity contribution in [1.82, 2.24) is 19.7 Å². The Balaban J connectivity index is 1.75. The first-order valence-corrected chi connectivity index (χ1v) is 9.60. The number of nitrogens with one attached hydrogen (secondary N) is 1. The van der Waals surface area contributed by atoms with E-state index in [9.17, 15) is 14.7 Å². The second-order valence-corrected chi connectivity index (χ2v) is 7.71. The number of fused-ring (bicyclic) bond motifs is 1. The molecule has 0 aliphatic heterocycles. The van der Waals surface area contributed by atoms with Crippen molar-refractivity contribution >= 4 is 16.9 Å². The van der Waals surface area contributed by atoms with Crippen LogP contribution in [0.3, 0.4) is 0 Å². The van der Waals surface area contributed by atoms with E-state index in [1.165, 1.54) is 6.20 Å². The average Bonchev–Trinajstić information content (AvgIpc) is 3.37. The second kappa shape index (κ2) is 7.33. The molecule has 2 N–H and O–H groups in total. The molecule has 29 heavy (non-hydrogen) atoms. The number of hydrogen-bond acceptors (Lipinski definition) is 4. The number of hydrogen-bond donors (Lipinski definition) is 2. The molecule has 0 saturated heterocycles. The highest BCUT2D eigenvalue weighted by atomic mass is 16.3. The van der Waals surface area contributed by atoms with Crippen LogP contribution < -0.4 is 10.7 Å². The number of amides is 1. The third kappa shape index (κ3) is 3.17. The number of nitrogens with zero attached hydrogens (tertiary/aromatic N) is 3. The van der Waals surface area contributed by atoms with E-state index in [0.717, 1.165) is 5.56 Å². The van der Waals surface area contributed by atoms with Crippen molar-refractivity contribution in [2.24, 2.45) is 19.5 Å². The summed E-state index contributed by atoms with van der Waals surface area (Å²) in [5.41, 5.74) is 0.739. The van der Waals surface area contributed by atoms with Gasteiger partial charge in [-0.1, -0.05) is 42.5 Å². The first kappa shape index (κ1) is 19.1. The summed E-state index contributed by atoms with van der Waals surface area (Å²) >= 11 is 0. The Morgan fingerprint density at radius 2 is 1.93 bits per heavy atom. The molecule has 0 bridgehead atoms. The summed E-state index contributed by atoms with van der Waals surface area (Å²) in [6, 6.07) is 9.16. The van der Waals surface area contributed by atoms with Gasteiger partial charge in [0.2, 0.25) is 5.43 Å². The minimum absolute atomic E-state index is 0.0629. The standard InChI is InChI=1S/C22H24N4O3/c1-25-13-17(18(28)16-12-23-26(2)21(16)25)20(29)24-19(15-8-4-3-5-9-15)22(14-27)10-6-7-11-22/h3-9,12-13,19,27H,10-11,14H2,1-2H3,(H,24,29). The van der Waals surface area contributed by atoms with E-state index in [-0.39, 0.29) is 17.6 Å². The molecule has 4 rings (SSSR count). The highest BCUT2D eigenvalue weighted by Crippen LogP contribution is 2.44. The van der Waals surface area contributed by atoms with E-state index < -0.39 is 17.4 Å². The Kier molecular flexibility index (Phi) is 4.84. The molecule has 0 spiro atoms. The van der Waals surface area contributed by atoms with Crippen molar-refractivity contribution in [2.75, 3.05) is 6.61 Å². The van der Waals surface area contributed by atoms with Crippen LogP contribution in [0.5, 0.6) is 0 Å². The molecule has 7 nitrogen and oxygen atoms in total. The lowest BCUT2D eigenvalue weighted by atomic mass is 9.75. The highest BCUT2D eigenvalue weighted by Gasteiger charge is 2.41. The zero-order valence-corrected chi connectivity index (χ0v) is 16.5. The molecule has 1 aliphatic rings. The van der Waals surface area contributed by atoms with Crippen molar-refractivity contribution in [1.29, 1.82) is 0 Å². The normalized spacial score (nSPS) is 16.2. The Morgan fingerprint density at radius 1 is 1.24 bits per heavy atom. The molecular formula is C22H24N4O3. The van der Waals surface area contributed by atoms with Crippen molar-refractivity contribution in [2.45, 2.75) is 18.9 Å².